The van der Waals surface area contributed by atoms with Gasteiger partial charge in [-0.2, -0.15) is 0 Å². The number of halogens is 3. The van der Waals surface area contributed by atoms with E-state index in [2.05, 4.69) is 10.5 Å². The van der Waals surface area contributed by atoms with Gasteiger partial charge >= 0.3 is 0 Å². The van der Waals surface area contributed by atoms with E-state index in [0.29, 0.717) is 23.7 Å². The Morgan fingerprint density at radius 3 is 2.62 bits per heavy atom. The zero-order chi connectivity index (χ0) is 18.7. The third-order valence-corrected chi connectivity index (χ3v) is 4.47. The lowest BCUT2D eigenvalue weighted by Gasteiger charge is -2.07. The normalized spacial score (nSPS) is 10.8. The van der Waals surface area contributed by atoms with Crippen LogP contribution in [-0.2, 0) is 6.42 Å². The predicted molar refractivity (Wildman–Crippen MR) is 99.1 cm³/mol. The summed E-state index contributed by atoms with van der Waals surface area (Å²) in [5.74, 6) is -0.670. The highest BCUT2D eigenvalue weighted by Crippen LogP contribution is 2.33. The summed E-state index contributed by atoms with van der Waals surface area (Å²) >= 11 is 11.9. The first-order valence-electron chi connectivity index (χ1n) is 7.90. The molecule has 0 atom stereocenters. The molecule has 3 rings (SSSR count). The van der Waals surface area contributed by atoms with Crippen LogP contribution in [0.2, 0.25) is 10.0 Å². The molecule has 0 aliphatic carbocycles. The topological polar surface area (TPSA) is 55.1 Å². The second kappa shape index (κ2) is 7.89. The van der Waals surface area contributed by atoms with Crippen LogP contribution in [-0.4, -0.2) is 17.6 Å². The molecule has 0 saturated heterocycles. The van der Waals surface area contributed by atoms with Gasteiger partial charge in [-0.15, -0.1) is 0 Å². The van der Waals surface area contributed by atoms with Crippen LogP contribution in [0.3, 0.4) is 0 Å². The number of amides is 1. The van der Waals surface area contributed by atoms with Crippen LogP contribution in [0.4, 0.5) is 4.39 Å². The van der Waals surface area contributed by atoms with Crippen LogP contribution < -0.4 is 5.32 Å². The van der Waals surface area contributed by atoms with Crippen LogP contribution in [0.25, 0.3) is 11.3 Å². The Labute approximate surface area is 159 Å². The molecule has 0 saturated carbocycles. The Kier molecular flexibility index (Phi) is 5.59. The molecule has 0 fully saturated rings. The molecule has 7 heteroatoms. The fraction of sp³-hybridized carbons (Fsp3) is 0.158. The molecule has 26 heavy (non-hydrogen) atoms. The largest absolute Gasteiger partial charge is 0.360 e. The molecule has 1 heterocycles. The van der Waals surface area contributed by atoms with E-state index in [0.717, 1.165) is 5.56 Å². The van der Waals surface area contributed by atoms with Gasteiger partial charge in [0.1, 0.15) is 22.8 Å². The number of nitrogens with zero attached hydrogens (tertiary/aromatic N) is 1. The molecule has 1 N–H and O–H groups in total. The average Bonchev–Trinajstić information content (AvgIpc) is 2.98. The highest BCUT2D eigenvalue weighted by atomic mass is 35.5. The van der Waals surface area contributed by atoms with E-state index in [1.807, 2.05) is 12.1 Å². The number of aromatic nitrogens is 1. The minimum atomic E-state index is -0.569. The summed E-state index contributed by atoms with van der Waals surface area (Å²) in [5, 5.41) is 7.45. The molecular formula is C19H15Cl2FN2O2. The van der Waals surface area contributed by atoms with Gasteiger partial charge in [0.25, 0.3) is 5.91 Å². The van der Waals surface area contributed by atoms with Crippen molar-refractivity contribution in [2.75, 3.05) is 6.54 Å². The molecule has 0 aliphatic rings. The smallest absolute Gasteiger partial charge is 0.257 e. The molecule has 1 aromatic heterocycles. The van der Waals surface area contributed by atoms with Crippen LogP contribution in [0, 0.1) is 12.7 Å². The predicted octanol–water partition coefficient (Wildman–Crippen LogP) is 5.07. The van der Waals surface area contributed by atoms with Gasteiger partial charge in [-0.05, 0) is 43.2 Å². The first-order valence-corrected chi connectivity index (χ1v) is 8.66. The highest BCUT2D eigenvalue weighted by molar-refractivity contribution is 6.33. The van der Waals surface area contributed by atoms with Crippen LogP contribution in [0.5, 0.6) is 0 Å². The molecule has 3 aromatic rings. The summed E-state index contributed by atoms with van der Waals surface area (Å²) in [5.41, 5.74) is 1.35. The van der Waals surface area contributed by atoms with Gasteiger partial charge in [-0.3, -0.25) is 4.79 Å². The van der Waals surface area contributed by atoms with Crippen molar-refractivity contribution in [3.63, 3.8) is 0 Å². The van der Waals surface area contributed by atoms with Gasteiger partial charge in [-0.25, -0.2) is 4.39 Å². The summed E-state index contributed by atoms with van der Waals surface area (Å²) in [6, 6.07) is 11.6. The van der Waals surface area contributed by atoms with E-state index < -0.39 is 11.7 Å². The third-order valence-electron chi connectivity index (χ3n) is 3.90. The number of hydrogen-bond acceptors (Lipinski definition) is 3. The van der Waals surface area contributed by atoms with Crippen molar-refractivity contribution < 1.29 is 13.7 Å². The first kappa shape index (κ1) is 18.4. The van der Waals surface area contributed by atoms with Crippen molar-refractivity contribution in [3.8, 4) is 11.3 Å². The second-order valence-electron chi connectivity index (χ2n) is 5.69. The van der Waals surface area contributed by atoms with Crippen LogP contribution in [0.15, 0.2) is 47.0 Å². The maximum Gasteiger partial charge on any atom is 0.257 e. The highest BCUT2D eigenvalue weighted by Gasteiger charge is 2.25. The summed E-state index contributed by atoms with van der Waals surface area (Å²) in [4.78, 5) is 12.6. The third kappa shape index (κ3) is 3.89. The molecule has 0 aliphatic heterocycles. The quantitative estimate of drug-likeness (QED) is 0.659. The summed E-state index contributed by atoms with van der Waals surface area (Å²) < 4.78 is 19.3. The lowest BCUT2D eigenvalue weighted by atomic mass is 10.0. The summed E-state index contributed by atoms with van der Waals surface area (Å²) in [6.07, 6.45) is 0.628. The Morgan fingerprint density at radius 1 is 1.19 bits per heavy atom. The summed E-state index contributed by atoms with van der Waals surface area (Å²) in [7, 11) is 0. The monoisotopic (exact) mass is 392 g/mol. The van der Waals surface area contributed by atoms with Gasteiger partial charge < -0.3 is 9.84 Å². The molecule has 0 radical (unpaired) electrons. The minimum Gasteiger partial charge on any atom is -0.360 e. The molecule has 4 nitrogen and oxygen atoms in total. The fourth-order valence-corrected chi connectivity index (χ4v) is 2.97. The van der Waals surface area contributed by atoms with Crippen molar-refractivity contribution in [1.82, 2.24) is 10.5 Å². The molecule has 1 amide bonds. The lowest BCUT2D eigenvalue weighted by molar-refractivity contribution is 0.0953. The van der Waals surface area contributed by atoms with E-state index >= 15 is 0 Å². The van der Waals surface area contributed by atoms with Crippen molar-refractivity contribution >= 4 is 29.1 Å². The van der Waals surface area contributed by atoms with Gasteiger partial charge in [0, 0.05) is 11.6 Å². The Balaban J connectivity index is 1.78. The van der Waals surface area contributed by atoms with E-state index in [-0.39, 0.29) is 21.8 Å². The Bertz CT molecular complexity index is 919. The number of carbonyl (C=O) groups excluding carboxylic acids is 1. The van der Waals surface area contributed by atoms with Gasteiger partial charge in [0.2, 0.25) is 0 Å². The van der Waals surface area contributed by atoms with Gasteiger partial charge in [0.05, 0.1) is 10.6 Å². The lowest BCUT2D eigenvalue weighted by Crippen LogP contribution is -2.26. The van der Waals surface area contributed by atoms with Gasteiger partial charge in [-0.1, -0.05) is 46.6 Å². The van der Waals surface area contributed by atoms with E-state index in [1.165, 1.54) is 18.2 Å². The summed E-state index contributed by atoms with van der Waals surface area (Å²) in [6.45, 7) is 1.99. The molecular weight excluding hydrogens is 378 g/mol. The molecule has 134 valence electrons. The SMILES string of the molecule is Cc1onc(-c2c(F)cccc2Cl)c1C(=O)NCCc1ccc(Cl)cc1. The number of nitrogens with one attached hydrogen (secondary N) is 1. The number of carbonyl (C=O) groups is 1. The zero-order valence-corrected chi connectivity index (χ0v) is 15.4. The Morgan fingerprint density at radius 2 is 1.92 bits per heavy atom. The molecule has 0 spiro atoms. The zero-order valence-electron chi connectivity index (χ0n) is 13.9. The number of rotatable bonds is 5. The molecule has 2 aromatic carbocycles. The average molecular weight is 393 g/mol. The first-order chi connectivity index (χ1) is 12.5. The Hall–Kier alpha value is -2.37. The fourth-order valence-electron chi connectivity index (χ4n) is 2.59. The molecule has 0 unspecified atom stereocenters. The second-order valence-corrected chi connectivity index (χ2v) is 6.54. The standard InChI is InChI=1S/C19H15Cl2FN2O2/c1-11-16(18(24-26-11)17-14(21)3-2-4-15(17)22)19(25)23-10-9-12-5-7-13(20)8-6-12/h2-8H,9-10H2,1H3,(H,23,25). The van der Waals surface area contributed by atoms with Crippen molar-refractivity contribution in [3.05, 3.63) is 75.2 Å². The van der Waals surface area contributed by atoms with Crippen molar-refractivity contribution in [2.24, 2.45) is 0 Å². The van der Waals surface area contributed by atoms with E-state index in [4.69, 9.17) is 27.7 Å². The molecule has 0 bridgehead atoms. The minimum absolute atomic E-state index is 0.0499. The number of aryl methyl sites for hydroxylation is 1. The van der Waals surface area contributed by atoms with Crippen LogP contribution in [0.1, 0.15) is 21.7 Å². The van der Waals surface area contributed by atoms with Crippen molar-refractivity contribution in [2.45, 2.75) is 13.3 Å². The van der Waals surface area contributed by atoms with Crippen molar-refractivity contribution in [1.29, 1.82) is 0 Å². The number of benzene rings is 2. The maximum absolute atomic E-state index is 14.2. The number of hydrogen-bond donors (Lipinski definition) is 1. The van der Waals surface area contributed by atoms with E-state index in [1.54, 1.807) is 19.1 Å². The van der Waals surface area contributed by atoms with Crippen LogP contribution >= 0.6 is 23.2 Å². The van der Waals surface area contributed by atoms with Gasteiger partial charge in [0.15, 0.2) is 0 Å². The maximum atomic E-state index is 14.2. The van der Waals surface area contributed by atoms with E-state index in [9.17, 15) is 9.18 Å².